The smallest absolute Gasteiger partial charge is 0.315 e. The molecule has 9 heteroatoms. The Morgan fingerprint density at radius 2 is 1.97 bits per heavy atom. The SMILES string of the molecule is O=C(NCCOc1ccc2nnc(-c3ccccc3Cl)n2n1)NC1CCCCC1. The van der Waals surface area contributed by atoms with Gasteiger partial charge in [0.25, 0.3) is 0 Å². The maximum absolute atomic E-state index is 12.0. The largest absolute Gasteiger partial charge is 0.475 e. The second kappa shape index (κ2) is 9.09. The van der Waals surface area contributed by atoms with E-state index < -0.39 is 0 Å². The molecule has 0 aliphatic heterocycles. The van der Waals surface area contributed by atoms with Gasteiger partial charge in [0.15, 0.2) is 11.5 Å². The number of ether oxygens (including phenoxy) is 1. The van der Waals surface area contributed by atoms with Gasteiger partial charge in [-0.1, -0.05) is 43.0 Å². The summed E-state index contributed by atoms with van der Waals surface area (Å²) in [5, 5.41) is 19.2. The molecule has 2 heterocycles. The number of halogens is 1. The van der Waals surface area contributed by atoms with E-state index in [-0.39, 0.29) is 12.1 Å². The fourth-order valence-electron chi connectivity index (χ4n) is 3.46. The van der Waals surface area contributed by atoms with E-state index in [0.29, 0.717) is 35.5 Å². The number of nitrogens with one attached hydrogen (secondary N) is 2. The molecular weight excluding hydrogens is 392 g/mol. The van der Waals surface area contributed by atoms with E-state index in [9.17, 15) is 4.79 Å². The highest BCUT2D eigenvalue weighted by Crippen LogP contribution is 2.26. The van der Waals surface area contributed by atoms with Crippen LogP contribution >= 0.6 is 11.6 Å². The van der Waals surface area contributed by atoms with E-state index in [0.717, 1.165) is 18.4 Å². The Labute approximate surface area is 173 Å². The molecule has 2 aromatic heterocycles. The number of benzene rings is 1. The highest BCUT2D eigenvalue weighted by molar-refractivity contribution is 6.33. The predicted octanol–water partition coefficient (Wildman–Crippen LogP) is 3.46. The minimum Gasteiger partial charge on any atom is -0.475 e. The Morgan fingerprint density at radius 3 is 2.79 bits per heavy atom. The summed E-state index contributed by atoms with van der Waals surface area (Å²) in [5.74, 6) is 0.959. The number of fused-ring (bicyclic) bond motifs is 1. The Balaban J connectivity index is 1.33. The third-order valence-electron chi connectivity index (χ3n) is 4.93. The number of hydrogen-bond donors (Lipinski definition) is 2. The Bertz CT molecular complexity index is 986. The lowest BCUT2D eigenvalue weighted by Gasteiger charge is -2.22. The monoisotopic (exact) mass is 414 g/mol. The van der Waals surface area contributed by atoms with Gasteiger partial charge in [0, 0.05) is 17.7 Å². The number of amides is 2. The molecular formula is C20H23ClN6O2. The van der Waals surface area contributed by atoms with Crippen molar-refractivity contribution in [2.75, 3.05) is 13.2 Å². The summed E-state index contributed by atoms with van der Waals surface area (Å²) in [4.78, 5) is 12.0. The number of rotatable bonds is 6. The normalized spacial score (nSPS) is 14.7. The third-order valence-corrected chi connectivity index (χ3v) is 5.26. The molecule has 1 fully saturated rings. The molecule has 0 saturated heterocycles. The molecule has 1 aromatic carbocycles. The van der Waals surface area contributed by atoms with Gasteiger partial charge in [-0.05, 0) is 31.0 Å². The molecule has 0 bridgehead atoms. The number of aromatic nitrogens is 4. The molecule has 8 nitrogen and oxygen atoms in total. The molecule has 4 rings (SSSR count). The molecule has 3 aromatic rings. The highest BCUT2D eigenvalue weighted by Gasteiger charge is 2.15. The van der Waals surface area contributed by atoms with Gasteiger partial charge in [0.05, 0.1) is 11.6 Å². The van der Waals surface area contributed by atoms with Gasteiger partial charge in [-0.25, -0.2) is 4.79 Å². The fraction of sp³-hybridized carbons (Fsp3) is 0.400. The van der Waals surface area contributed by atoms with Crippen LogP contribution in [-0.4, -0.2) is 45.0 Å². The van der Waals surface area contributed by atoms with Crippen LogP contribution < -0.4 is 15.4 Å². The molecule has 2 amide bonds. The molecule has 1 aliphatic carbocycles. The third kappa shape index (κ3) is 4.76. The van der Waals surface area contributed by atoms with Crippen LogP contribution in [0.5, 0.6) is 5.88 Å². The number of urea groups is 1. The minimum absolute atomic E-state index is 0.149. The first kappa shape index (κ1) is 19.4. The van der Waals surface area contributed by atoms with Gasteiger partial charge in [-0.2, -0.15) is 4.52 Å². The summed E-state index contributed by atoms with van der Waals surface area (Å²) in [7, 11) is 0. The van der Waals surface area contributed by atoms with E-state index in [1.54, 1.807) is 22.7 Å². The van der Waals surface area contributed by atoms with Gasteiger partial charge >= 0.3 is 6.03 Å². The second-order valence-electron chi connectivity index (χ2n) is 7.03. The maximum atomic E-state index is 12.0. The Morgan fingerprint density at radius 1 is 1.14 bits per heavy atom. The summed E-state index contributed by atoms with van der Waals surface area (Å²) in [6, 6.07) is 11.0. The number of carbonyl (C=O) groups excluding carboxylic acids is 1. The Kier molecular flexibility index (Phi) is 6.09. The average Bonchev–Trinajstić information content (AvgIpc) is 3.15. The molecule has 0 spiro atoms. The van der Waals surface area contributed by atoms with E-state index >= 15 is 0 Å². The van der Waals surface area contributed by atoms with Crippen molar-refractivity contribution in [3.05, 3.63) is 41.4 Å². The van der Waals surface area contributed by atoms with Crippen molar-refractivity contribution in [3.63, 3.8) is 0 Å². The van der Waals surface area contributed by atoms with Gasteiger partial charge in [-0.3, -0.25) is 0 Å². The van der Waals surface area contributed by atoms with Crippen LogP contribution in [0.3, 0.4) is 0 Å². The van der Waals surface area contributed by atoms with Crippen molar-refractivity contribution in [3.8, 4) is 17.3 Å². The molecule has 0 atom stereocenters. The lowest BCUT2D eigenvalue weighted by molar-refractivity contribution is 0.228. The molecule has 0 radical (unpaired) electrons. The van der Waals surface area contributed by atoms with Crippen molar-refractivity contribution in [1.29, 1.82) is 0 Å². The zero-order valence-electron chi connectivity index (χ0n) is 16.0. The van der Waals surface area contributed by atoms with Crippen LogP contribution in [0.4, 0.5) is 4.79 Å². The van der Waals surface area contributed by atoms with Crippen molar-refractivity contribution < 1.29 is 9.53 Å². The van der Waals surface area contributed by atoms with Crippen LogP contribution in [-0.2, 0) is 0 Å². The molecule has 1 aliphatic rings. The summed E-state index contributed by atoms with van der Waals surface area (Å²) < 4.78 is 7.28. The molecule has 2 N–H and O–H groups in total. The summed E-state index contributed by atoms with van der Waals surface area (Å²) in [5.41, 5.74) is 1.34. The van der Waals surface area contributed by atoms with Gasteiger partial charge in [0.1, 0.15) is 6.61 Å². The average molecular weight is 415 g/mol. The lowest BCUT2D eigenvalue weighted by Crippen LogP contribution is -2.44. The number of hydrogen-bond acceptors (Lipinski definition) is 5. The fourth-order valence-corrected chi connectivity index (χ4v) is 3.68. The van der Waals surface area contributed by atoms with Gasteiger partial charge in [-0.15, -0.1) is 15.3 Å². The first-order valence-electron chi connectivity index (χ1n) is 9.85. The highest BCUT2D eigenvalue weighted by atomic mass is 35.5. The van der Waals surface area contributed by atoms with Crippen LogP contribution in [0.25, 0.3) is 17.0 Å². The number of nitrogens with zero attached hydrogens (tertiary/aromatic N) is 4. The second-order valence-corrected chi connectivity index (χ2v) is 7.44. The first-order chi connectivity index (χ1) is 14.2. The summed E-state index contributed by atoms with van der Waals surface area (Å²) in [6.45, 7) is 0.692. The van der Waals surface area contributed by atoms with Crippen molar-refractivity contribution in [2.45, 2.75) is 38.1 Å². The topological polar surface area (TPSA) is 93.4 Å². The van der Waals surface area contributed by atoms with Gasteiger partial charge in [0.2, 0.25) is 5.88 Å². The van der Waals surface area contributed by atoms with Crippen LogP contribution in [0.2, 0.25) is 5.02 Å². The molecule has 1 saturated carbocycles. The van der Waals surface area contributed by atoms with Crippen molar-refractivity contribution in [1.82, 2.24) is 30.4 Å². The molecule has 152 valence electrons. The number of carbonyl (C=O) groups is 1. The quantitative estimate of drug-likeness (QED) is 0.602. The summed E-state index contributed by atoms with van der Waals surface area (Å²) >= 11 is 6.27. The predicted molar refractivity (Wildman–Crippen MR) is 110 cm³/mol. The maximum Gasteiger partial charge on any atom is 0.315 e. The van der Waals surface area contributed by atoms with E-state index in [2.05, 4.69) is 25.9 Å². The zero-order chi connectivity index (χ0) is 20.1. The lowest BCUT2D eigenvalue weighted by atomic mass is 9.96. The van der Waals surface area contributed by atoms with E-state index in [1.807, 2.05) is 18.2 Å². The Hall–Kier alpha value is -2.87. The van der Waals surface area contributed by atoms with Crippen LogP contribution in [0.1, 0.15) is 32.1 Å². The van der Waals surface area contributed by atoms with Crippen LogP contribution in [0, 0.1) is 0 Å². The van der Waals surface area contributed by atoms with Crippen LogP contribution in [0.15, 0.2) is 36.4 Å². The minimum atomic E-state index is -0.149. The van der Waals surface area contributed by atoms with Crippen molar-refractivity contribution in [2.24, 2.45) is 0 Å². The van der Waals surface area contributed by atoms with E-state index in [1.165, 1.54) is 19.3 Å². The molecule has 29 heavy (non-hydrogen) atoms. The van der Waals surface area contributed by atoms with E-state index in [4.69, 9.17) is 16.3 Å². The molecule has 0 unspecified atom stereocenters. The van der Waals surface area contributed by atoms with Gasteiger partial charge < -0.3 is 15.4 Å². The zero-order valence-corrected chi connectivity index (χ0v) is 16.7. The standard InChI is InChI=1S/C20H23ClN6O2/c21-16-9-5-4-8-15(16)19-25-24-17-10-11-18(26-27(17)19)29-13-12-22-20(28)23-14-6-2-1-3-7-14/h4-5,8-11,14H,1-3,6-7,12-13H2,(H2,22,23,28). The summed E-state index contributed by atoms with van der Waals surface area (Å²) in [6.07, 6.45) is 5.74. The first-order valence-corrected chi connectivity index (χ1v) is 10.2. The van der Waals surface area contributed by atoms with Crippen molar-refractivity contribution >= 4 is 23.3 Å².